The molecular formula is C14H12N2OS2. The van der Waals surface area contributed by atoms with Crippen LogP contribution in [-0.2, 0) is 0 Å². The van der Waals surface area contributed by atoms with Crippen LogP contribution in [0.3, 0.4) is 0 Å². The highest BCUT2D eigenvalue weighted by Gasteiger charge is 2.16. The standard InChI is InChI=1S/C14H12N2OS2/c1-8(2)12(17)14-16-10(7-18-14)13-15-9-5-3-4-6-11(9)19-13/h3-8H,1-2H3. The van der Waals surface area contributed by atoms with Gasteiger partial charge in [0.1, 0.15) is 10.7 Å². The van der Waals surface area contributed by atoms with E-state index in [1.807, 2.05) is 43.5 Å². The highest BCUT2D eigenvalue weighted by molar-refractivity contribution is 7.22. The van der Waals surface area contributed by atoms with Gasteiger partial charge in [0.15, 0.2) is 10.8 Å². The van der Waals surface area contributed by atoms with Crippen molar-refractivity contribution >= 4 is 38.7 Å². The van der Waals surface area contributed by atoms with Crippen molar-refractivity contribution < 1.29 is 4.79 Å². The quantitative estimate of drug-likeness (QED) is 0.676. The van der Waals surface area contributed by atoms with Crippen LogP contribution in [0.5, 0.6) is 0 Å². The molecule has 0 amide bonds. The van der Waals surface area contributed by atoms with Crippen LogP contribution in [0.25, 0.3) is 20.9 Å². The van der Waals surface area contributed by atoms with Gasteiger partial charge in [0, 0.05) is 11.3 Å². The zero-order valence-corrected chi connectivity index (χ0v) is 12.2. The molecule has 0 radical (unpaired) electrons. The van der Waals surface area contributed by atoms with Crippen LogP contribution in [0.15, 0.2) is 29.6 Å². The Kier molecular flexibility index (Phi) is 3.16. The molecule has 0 aliphatic carbocycles. The van der Waals surface area contributed by atoms with Crippen molar-refractivity contribution in [1.82, 2.24) is 9.97 Å². The smallest absolute Gasteiger partial charge is 0.193 e. The molecule has 0 spiro atoms. The predicted octanol–water partition coefficient (Wildman–Crippen LogP) is 4.26. The van der Waals surface area contributed by atoms with Crippen molar-refractivity contribution in [3.05, 3.63) is 34.7 Å². The molecular weight excluding hydrogens is 276 g/mol. The Morgan fingerprint density at radius 1 is 1.21 bits per heavy atom. The molecule has 96 valence electrons. The van der Waals surface area contributed by atoms with Crippen molar-refractivity contribution in [2.45, 2.75) is 13.8 Å². The molecule has 19 heavy (non-hydrogen) atoms. The molecule has 0 bridgehead atoms. The lowest BCUT2D eigenvalue weighted by molar-refractivity contribution is 0.0939. The number of thiazole rings is 2. The number of aromatic nitrogens is 2. The molecule has 3 nitrogen and oxygen atoms in total. The molecule has 2 aromatic heterocycles. The van der Waals surface area contributed by atoms with Gasteiger partial charge in [0.2, 0.25) is 0 Å². The fraction of sp³-hybridized carbons (Fsp3) is 0.214. The number of carbonyl (C=O) groups excluding carboxylic acids is 1. The Hall–Kier alpha value is -1.59. The van der Waals surface area contributed by atoms with Crippen molar-refractivity contribution in [2.24, 2.45) is 5.92 Å². The number of Topliss-reactive ketones (excluding diaryl/α,β-unsaturated/α-hetero) is 1. The minimum Gasteiger partial charge on any atom is -0.291 e. The molecule has 3 rings (SSSR count). The average Bonchev–Trinajstić information content (AvgIpc) is 3.03. The van der Waals surface area contributed by atoms with Crippen LogP contribution in [0.4, 0.5) is 0 Å². The Labute approximate surface area is 119 Å². The third kappa shape index (κ3) is 2.31. The van der Waals surface area contributed by atoms with Gasteiger partial charge in [-0.2, -0.15) is 0 Å². The van der Waals surface area contributed by atoms with E-state index in [1.54, 1.807) is 11.3 Å². The van der Waals surface area contributed by atoms with E-state index in [1.165, 1.54) is 11.3 Å². The van der Waals surface area contributed by atoms with E-state index in [0.717, 1.165) is 20.9 Å². The second kappa shape index (κ2) is 4.83. The molecule has 0 aliphatic rings. The maximum absolute atomic E-state index is 11.9. The van der Waals surface area contributed by atoms with Gasteiger partial charge in [-0.1, -0.05) is 26.0 Å². The van der Waals surface area contributed by atoms with Crippen LogP contribution in [-0.4, -0.2) is 15.8 Å². The first-order valence-corrected chi connectivity index (χ1v) is 7.70. The SMILES string of the molecule is CC(C)C(=O)c1nc(-c2nc3ccccc3s2)cs1. The number of benzene rings is 1. The summed E-state index contributed by atoms with van der Waals surface area (Å²) in [4.78, 5) is 20.9. The fourth-order valence-corrected chi connectivity index (χ4v) is 3.61. The topological polar surface area (TPSA) is 42.9 Å². The normalized spacial score (nSPS) is 11.3. The van der Waals surface area contributed by atoms with E-state index in [0.29, 0.717) is 5.01 Å². The molecule has 0 aliphatic heterocycles. The monoisotopic (exact) mass is 288 g/mol. The summed E-state index contributed by atoms with van der Waals surface area (Å²) in [5, 5.41) is 3.36. The minimum absolute atomic E-state index is 0.0191. The third-order valence-corrected chi connectivity index (χ3v) is 4.67. The van der Waals surface area contributed by atoms with Crippen LogP contribution < -0.4 is 0 Å². The lowest BCUT2D eigenvalue weighted by Crippen LogP contribution is -2.06. The summed E-state index contributed by atoms with van der Waals surface area (Å²) in [7, 11) is 0. The second-order valence-corrected chi connectivity index (χ2v) is 6.43. The summed E-state index contributed by atoms with van der Waals surface area (Å²) >= 11 is 3.00. The largest absolute Gasteiger partial charge is 0.291 e. The van der Waals surface area contributed by atoms with Crippen molar-refractivity contribution in [3.63, 3.8) is 0 Å². The summed E-state index contributed by atoms with van der Waals surface area (Å²) in [5.74, 6) is 0.0757. The number of para-hydroxylation sites is 1. The first-order chi connectivity index (χ1) is 9.15. The number of hydrogen-bond donors (Lipinski definition) is 0. The zero-order valence-electron chi connectivity index (χ0n) is 10.6. The maximum atomic E-state index is 11.9. The highest BCUT2D eigenvalue weighted by atomic mass is 32.1. The summed E-state index contributed by atoms with van der Waals surface area (Å²) in [6, 6.07) is 8.00. The number of nitrogens with zero attached hydrogens (tertiary/aromatic N) is 2. The molecule has 0 saturated heterocycles. The van der Waals surface area contributed by atoms with Crippen LogP contribution in [0.1, 0.15) is 23.6 Å². The molecule has 5 heteroatoms. The molecule has 0 atom stereocenters. The van der Waals surface area contributed by atoms with Gasteiger partial charge in [0.05, 0.1) is 10.2 Å². The predicted molar refractivity (Wildman–Crippen MR) is 79.9 cm³/mol. The van der Waals surface area contributed by atoms with Crippen LogP contribution in [0.2, 0.25) is 0 Å². The minimum atomic E-state index is -0.0191. The summed E-state index contributed by atoms with van der Waals surface area (Å²) in [6.45, 7) is 3.78. The van der Waals surface area contributed by atoms with E-state index < -0.39 is 0 Å². The lowest BCUT2D eigenvalue weighted by atomic mass is 10.1. The van der Waals surface area contributed by atoms with Crippen molar-refractivity contribution in [2.75, 3.05) is 0 Å². The molecule has 0 saturated carbocycles. The van der Waals surface area contributed by atoms with E-state index in [2.05, 4.69) is 9.97 Å². The zero-order chi connectivity index (χ0) is 13.4. The maximum Gasteiger partial charge on any atom is 0.193 e. The van der Waals surface area contributed by atoms with Crippen molar-refractivity contribution in [1.29, 1.82) is 0 Å². The number of ketones is 1. The van der Waals surface area contributed by atoms with E-state index in [4.69, 9.17) is 0 Å². The van der Waals surface area contributed by atoms with E-state index >= 15 is 0 Å². The summed E-state index contributed by atoms with van der Waals surface area (Å²) in [5.41, 5.74) is 1.78. The lowest BCUT2D eigenvalue weighted by Gasteiger charge is -1.97. The van der Waals surface area contributed by atoms with E-state index in [-0.39, 0.29) is 11.7 Å². The van der Waals surface area contributed by atoms with Gasteiger partial charge in [-0.25, -0.2) is 9.97 Å². The Morgan fingerprint density at radius 3 is 2.74 bits per heavy atom. The van der Waals surface area contributed by atoms with Gasteiger partial charge in [-0.15, -0.1) is 22.7 Å². The average molecular weight is 288 g/mol. The summed E-state index contributed by atoms with van der Waals surface area (Å²) < 4.78 is 1.14. The molecule has 0 N–H and O–H groups in total. The van der Waals surface area contributed by atoms with E-state index in [9.17, 15) is 4.79 Å². The van der Waals surface area contributed by atoms with Crippen LogP contribution in [0, 0.1) is 5.92 Å². The Morgan fingerprint density at radius 2 is 2.00 bits per heavy atom. The van der Waals surface area contributed by atoms with Gasteiger partial charge >= 0.3 is 0 Å². The van der Waals surface area contributed by atoms with Gasteiger partial charge < -0.3 is 0 Å². The summed E-state index contributed by atoms with van der Waals surface area (Å²) in [6.07, 6.45) is 0. The molecule has 0 fully saturated rings. The van der Waals surface area contributed by atoms with Crippen LogP contribution >= 0.6 is 22.7 Å². The number of fused-ring (bicyclic) bond motifs is 1. The van der Waals surface area contributed by atoms with Crippen molar-refractivity contribution in [3.8, 4) is 10.7 Å². The molecule has 2 heterocycles. The van der Waals surface area contributed by atoms with Gasteiger partial charge in [-0.3, -0.25) is 4.79 Å². The third-order valence-electron chi connectivity index (χ3n) is 2.75. The van der Waals surface area contributed by atoms with Gasteiger partial charge in [-0.05, 0) is 12.1 Å². The Bertz CT molecular complexity index is 710. The highest BCUT2D eigenvalue weighted by Crippen LogP contribution is 2.31. The first-order valence-electron chi connectivity index (χ1n) is 6.01. The number of hydrogen-bond acceptors (Lipinski definition) is 5. The first kappa shape index (κ1) is 12.4. The molecule has 1 aromatic carbocycles. The Balaban J connectivity index is 2.00. The molecule has 0 unspecified atom stereocenters. The second-order valence-electron chi connectivity index (χ2n) is 4.54. The van der Waals surface area contributed by atoms with Gasteiger partial charge in [0.25, 0.3) is 0 Å². The number of rotatable bonds is 3. The molecule has 3 aromatic rings. The number of carbonyl (C=O) groups is 1. The fourth-order valence-electron chi connectivity index (χ4n) is 1.71.